The summed E-state index contributed by atoms with van der Waals surface area (Å²) in [6.07, 6.45) is 0. The Morgan fingerprint density at radius 3 is 1.44 bits per heavy atom. The molecular formula is C28H34N2OSi. The molecule has 1 atom stereocenters. The summed E-state index contributed by atoms with van der Waals surface area (Å²) in [5, 5.41) is 3.98. The van der Waals surface area contributed by atoms with E-state index in [9.17, 15) is 4.79 Å². The largest absolute Gasteiger partial charge is 0.366 e. The summed E-state index contributed by atoms with van der Waals surface area (Å²) in [5.41, 5.74) is 2.80. The highest BCUT2D eigenvalue weighted by Gasteiger charge is 2.53. The van der Waals surface area contributed by atoms with Crippen molar-refractivity contribution < 1.29 is 4.79 Å². The van der Waals surface area contributed by atoms with Gasteiger partial charge in [0, 0.05) is 6.54 Å². The van der Waals surface area contributed by atoms with Gasteiger partial charge >= 0.3 is 0 Å². The van der Waals surface area contributed by atoms with E-state index in [0.717, 1.165) is 23.2 Å². The van der Waals surface area contributed by atoms with Gasteiger partial charge in [-0.15, -0.1) is 0 Å². The molecule has 0 spiro atoms. The normalized spacial score (nSPS) is 17.2. The second-order valence-corrected chi connectivity index (χ2v) is 15.5. The molecule has 0 aliphatic carbocycles. The first kappa shape index (κ1) is 22.5. The highest BCUT2D eigenvalue weighted by Crippen LogP contribution is 2.43. The number of carbonyl (C=O) groups excluding carboxylic acids is 1. The third-order valence-corrected chi connectivity index (χ3v) is 12.9. The molecule has 0 radical (unpaired) electrons. The predicted molar refractivity (Wildman–Crippen MR) is 135 cm³/mol. The van der Waals surface area contributed by atoms with Crippen molar-refractivity contribution in [2.24, 2.45) is 0 Å². The van der Waals surface area contributed by atoms with Crippen LogP contribution in [-0.2, 0) is 10.3 Å². The maximum Gasteiger partial charge on any atom is 0.233 e. The van der Waals surface area contributed by atoms with E-state index in [-0.39, 0.29) is 17.0 Å². The number of rotatable bonds is 6. The van der Waals surface area contributed by atoms with Crippen LogP contribution in [-0.4, -0.2) is 31.3 Å². The summed E-state index contributed by atoms with van der Waals surface area (Å²) >= 11 is 0. The van der Waals surface area contributed by atoms with Crippen LogP contribution in [0.3, 0.4) is 0 Å². The summed E-state index contributed by atoms with van der Waals surface area (Å²) in [5.74, 6) is 0.226. The Labute approximate surface area is 193 Å². The lowest BCUT2D eigenvalue weighted by Crippen LogP contribution is -2.74. The van der Waals surface area contributed by atoms with Gasteiger partial charge in [0.05, 0.1) is 5.54 Å². The van der Waals surface area contributed by atoms with Crippen LogP contribution in [0.25, 0.3) is 0 Å². The van der Waals surface area contributed by atoms with Gasteiger partial charge in [-0.2, -0.15) is 0 Å². The van der Waals surface area contributed by atoms with Gasteiger partial charge in [-0.1, -0.05) is 125 Å². The van der Waals surface area contributed by atoms with Crippen LogP contribution in [0.5, 0.6) is 0 Å². The van der Waals surface area contributed by atoms with E-state index in [2.05, 4.69) is 117 Å². The van der Waals surface area contributed by atoms with Crippen LogP contribution in [0.1, 0.15) is 37.5 Å². The van der Waals surface area contributed by atoms with Gasteiger partial charge in [0.25, 0.3) is 0 Å². The van der Waals surface area contributed by atoms with Crippen molar-refractivity contribution in [1.29, 1.82) is 0 Å². The molecule has 0 saturated carbocycles. The van der Waals surface area contributed by atoms with E-state index in [1.807, 2.05) is 18.2 Å². The van der Waals surface area contributed by atoms with Gasteiger partial charge in [-0.25, -0.2) is 0 Å². The van der Waals surface area contributed by atoms with Crippen LogP contribution in [0, 0.1) is 0 Å². The van der Waals surface area contributed by atoms with E-state index in [0.29, 0.717) is 0 Å². The zero-order chi connectivity index (χ0) is 23.0. The molecule has 1 aliphatic rings. The Bertz CT molecular complexity index is 962. The molecule has 1 heterocycles. The number of nitrogens with zero attached hydrogens (tertiary/aromatic N) is 1. The van der Waals surface area contributed by atoms with Gasteiger partial charge in [0.15, 0.2) is 8.24 Å². The Kier molecular flexibility index (Phi) is 5.86. The molecule has 3 aromatic rings. The molecule has 0 aromatic heterocycles. The van der Waals surface area contributed by atoms with Crippen LogP contribution in [0.2, 0.25) is 18.1 Å². The van der Waals surface area contributed by atoms with Crippen LogP contribution in [0.15, 0.2) is 91.0 Å². The van der Waals surface area contributed by atoms with Crippen molar-refractivity contribution in [3.63, 3.8) is 0 Å². The minimum absolute atomic E-state index is 0.128. The highest BCUT2D eigenvalue weighted by atomic mass is 28.3. The van der Waals surface area contributed by atoms with Crippen molar-refractivity contribution >= 4 is 14.1 Å². The lowest BCUT2D eigenvalue weighted by Gasteiger charge is -2.55. The summed E-state index contributed by atoms with van der Waals surface area (Å²) in [4.78, 5) is 13.5. The molecule has 166 valence electrons. The molecule has 1 amide bonds. The summed E-state index contributed by atoms with van der Waals surface area (Å²) in [7, 11) is -1.90. The average molecular weight is 443 g/mol. The predicted octanol–water partition coefficient (Wildman–Crippen LogP) is 5.78. The second kappa shape index (κ2) is 8.34. The Morgan fingerprint density at radius 1 is 0.750 bits per heavy atom. The van der Waals surface area contributed by atoms with E-state index in [1.165, 1.54) is 0 Å². The molecule has 4 rings (SSSR count). The lowest BCUT2D eigenvalue weighted by molar-refractivity contribution is -0.138. The number of amides is 1. The number of benzene rings is 3. The van der Waals surface area contributed by atoms with E-state index in [4.69, 9.17) is 0 Å². The van der Waals surface area contributed by atoms with E-state index in [1.54, 1.807) is 0 Å². The molecule has 1 fully saturated rings. The number of nitrogens with one attached hydrogen (secondary N) is 1. The fraction of sp³-hybridized carbons (Fsp3) is 0.321. The first-order valence-corrected chi connectivity index (χ1v) is 14.4. The monoisotopic (exact) mass is 442 g/mol. The van der Waals surface area contributed by atoms with Gasteiger partial charge in [0.2, 0.25) is 5.91 Å². The molecule has 1 N–H and O–H groups in total. The average Bonchev–Trinajstić information content (AvgIpc) is 2.79. The maximum atomic E-state index is 13.5. The van der Waals surface area contributed by atoms with Gasteiger partial charge in [0.1, 0.15) is 6.04 Å². The third-order valence-electron chi connectivity index (χ3n) is 7.45. The Hall–Kier alpha value is -2.69. The lowest BCUT2D eigenvalue weighted by atomic mass is 9.76. The molecular weight excluding hydrogens is 408 g/mol. The summed E-state index contributed by atoms with van der Waals surface area (Å²) in [6.45, 7) is 12.1. The maximum absolute atomic E-state index is 13.5. The highest BCUT2D eigenvalue weighted by molar-refractivity contribution is 6.80. The topological polar surface area (TPSA) is 32.3 Å². The Morgan fingerprint density at radius 2 is 1.12 bits per heavy atom. The molecule has 1 saturated heterocycles. The molecule has 32 heavy (non-hydrogen) atoms. The molecule has 1 aliphatic heterocycles. The third kappa shape index (κ3) is 3.72. The van der Waals surface area contributed by atoms with Crippen molar-refractivity contribution in [2.75, 3.05) is 6.54 Å². The minimum atomic E-state index is -1.90. The van der Waals surface area contributed by atoms with E-state index < -0.39 is 13.8 Å². The van der Waals surface area contributed by atoms with Crippen molar-refractivity contribution in [1.82, 2.24) is 9.88 Å². The van der Waals surface area contributed by atoms with Gasteiger partial charge < -0.3 is 4.57 Å². The first-order valence-electron chi connectivity index (χ1n) is 11.4. The first-order chi connectivity index (χ1) is 15.2. The molecule has 4 heteroatoms. The molecule has 3 nitrogen and oxygen atoms in total. The van der Waals surface area contributed by atoms with Crippen molar-refractivity contribution in [3.05, 3.63) is 108 Å². The number of hydrogen-bond donors (Lipinski definition) is 1. The summed E-state index contributed by atoms with van der Waals surface area (Å²) in [6, 6.07) is 31.3. The van der Waals surface area contributed by atoms with Crippen molar-refractivity contribution in [3.8, 4) is 0 Å². The minimum Gasteiger partial charge on any atom is -0.366 e. The van der Waals surface area contributed by atoms with E-state index >= 15 is 0 Å². The standard InChI is InChI=1S/C28H34N2OSi/c1-27(2,3)32(4,5)30-21-25(26(30)31)29-28(22-15-9-6-10-16-22,23-17-11-7-12-18-23)24-19-13-8-14-20-24/h6-20,25,29H,21H2,1-5H3/t25-/m0/s1. The number of β-lactam (4-membered cyclic amide) rings is 1. The molecule has 3 aromatic carbocycles. The van der Waals surface area contributed by atoms with Crippen LogP contribution < -0.4 is 5.32 Å². The number of carbonyl (C=O) groups is 1. The summed E-state index contributed by atoms with van der Waals surface area (Å²) < 4.78 is 2.16. The van der Waals surface area contributed by atoms with Crippen LogP contribution in [0.4, 0.5) is 0 Å². The number of hydrogen-bond acceptors (Lipinski definition) is 2. The quantitative estimate of drug-likeness (QED) is 0.298. The smallest absolute Gasteiger partial charge is 0.233 e. The Balaban J connectivity index is 1.79. The molecule has 0 unspecified atom stereocenters. The van der Waals surface area contributed by atoms with Gasteiger partial charge in [-0.3, -0.25) is 10.1 Å². The fourth-order valence-electron chi connectivity index (χ4n) is 4.52. The zero-order valence-electron chi connectivity index (χ0n) is 19.8. The molecule has 0 bridgehead atoms. The zero-order valence-corrected chi connectivity index (χ0v) is 20.8. The SMILES string of the molecule is CC(C)(C)[Si](C)(C)N1C[C@H](NC(c2ccccc2)(c2ccccc2)c2ccccc2)C1=O. The van der Waals surface area contributed by atoms with Gasteiger partial charge in [-0.05, 0) is 21.7 Å². The second-order valence-electron chi connectivity index (χ2n) is 10.3. The van der Waals surface area contributed by atoms with Crippen molar-refractivity contribution in [2.45, 2.75) is 50.5 Å². The van der Waals surface area contributed by atoms with Crippen LogP contribution >= 0.6 is 0 Å². The fourth-order valence-corrected chi connectivity index (χ4v) is 6.67.